The van der Waals surface area contributed by atoms with Gasteiger partial charge < -0.3 is 9.84 Å². The zero-order valence-corrected chi connectivity index (χ0v) is 10.7. The van der Waals surface area contributed by atoms with Gasteiger partial charge in [-0.05, 0) is 23.8 Å². The first kappa shape index (κ1) is 13.1. The van der Waals surface area contributed by atoms with E-state index < -0.39 is 0 Å². The molecule has 0 spiro atoms. The topological polar surface area (TPSA) is 46.5 Å². The standard InChI is InChI=1S/C16H16O3/c1-12(14-5-3-2-4-6-14)11-19-16-8-7-13(10-17)9-15(16)18/h2-10,12,18H,11H2,1H3. The summed E-state index contributed by atoms with van der Waals surface area (Å²) in [4.78, 5) is 10.6. The molecular formula is C16H16O3. The van der Waals surface area contributed by atoms with Crippen LogP contribution in [0, 0.1) is 0 Å². The molecule has 2 aromatic carbocycles. The zero-order valence-electron chi connectivity index (χ0n) is 10.7. The molecule has 1 atom stereocenters. The number of aldehydes is 1. The van der Waals surface area contributed by atoms with Crippen molar-refractivity contribution in [1.29, 1.82) is 0 Å². The number of benzene rings is 2. The molecule has 0 aliphatic heterocycles. The molecule has 0 heterocycles. The van der Waals surface area contributed by atoms with Gasteiger partial charge in [-0.2, -0.15) is 0 Å². The number of rotatable bonds is 5. The summed E-state index contributed by atoms with van der Waals surface area (Å²) in [5.74, 6) is 0.615. The number of ether oxygens (including phenoxy) is 1. The molecule has 0 saturated heterocycles. The summed E-state index contributed by atoms with van der Waals surface area (Å²) in [6.07, 6.45) is 0.691. The minimum Gasteiger partial charge on any atom is -0.504 e. The van der Waals surface area contributed by atoms with Crippen LogP contribution >= 0.6 is 0 Å². The van der Waals surface area contributed by atoms with Gasteiger partial charge in [0, 0.05) is 11.5 Å². The second-order valence-corrected chi connectivity index (χ2v) is 4.47. The van der Waals surface area contributed by atoms with Gasteiger partial charge in [0.25, 0.3) is 0 Å². The molecule has 0 radical (unpaired) electrons. The fourth-order valence-electron chi connectivity index (χ4n) is 1.82. The summed E-state index contributed by atoms with van der Waals surface area (Å²) < 4.78 is 5.59. The summed E-state index contributed by atoms with van der Waals surface area (Å²) in [6, 6.07) is 14.7. The van der Waals surface area contributed by atoms with E-state index in [1.165, 1.54) is 11.6 Å². The molecule has 1 N–H and O–H groups in total. The summed E-state index contributed by atoms with van der Waals surface area (Å²) in [7, 11) is 0. The zero-order chi connectivity index (χ0) is 13.7. The second kappa shape index (κ2) is 6.05. The second-order valence-electron chi connectivity index (χ2n) is 4.47. The highest BCUT2D eigenvalue weighted by atomic mass is 16.5. The molecule has 3 heteroatoms. The Labute approximate surface area is 112 Å². The lowest BCUT2D eigenvalue weighted by Gasteiger charge is -2.14. The van der Waals surface area contributed by atoms with Gasteiger partial charge in [0.2, 0.25) is 0 Å². The molecule has 3 nitrogen and oxygen atoms in total. The Bertz CT molecular complexity index is 549. The van der Waals surface area contributed by atoms with Crippen molar-refractivity contribution in [2.75, 3.05) is 6.61 Å². The first-order valence-corrected chi connectivity index (χ1v) is 6.16. The fourth-order valence-corrected chi connectivity index (χ4v) is 1.82. The molecule has 98 valence electrons. The van der Waals surface area contributed by atoms with E-state index in [0.717, 1.165) is 0 Å². The molecule has 0 fully saturated rings. The van der Waals surface area contributed by atoms with Crippen LogP contribution in [0.4, 0.5) is 0 Å². The maximum absolute atomic E-state index is 10.6. The number of carbonyl (C=O) groups excluding carboxylic acids is 1. The van der Waals surface area contributed by atoms with E-state index in [4.69, 9.17) is 4.74 Å². The maximum Gasteiger partial charge on any atom is 0.160 e. The molecule has 0 aliphatic rings. The van der Waals surface area contributed by atoms with Crippen LogP contribution < -0.4 is 4.74 Å². The van der Waals surface area contributed by atoms with E-state index in [1.807, 2.05) is 30.3 Å². The lowest BCUT2D eigenvalue weighted by molar-refractivity contribution is 0.112. The summed E-state index contributed by atoms with van der Waals surface area (Å²) in [5.41, 5.74) is 1.62. The van der Waals surface area contributed by atoms with Crippen molar-refractivity contribution in [2.45, 2.75) is 12.8 Å². The predicted octanol–water partition coefficient (Wildman–Crippen LogP) is 3.39. The molecule has 0 aromatic heterocycles. The van der Waals surface area contributed by atoms with Gasteiger partial charge in [-0.3, -0.25) is 4.79 Å². The molecule has 2 aromatic rings. The van der Waals surface area contributed by atoms with Gasteiger partial charge in [-0.25, -0.2) is 0 Å². The fraction of sp³-hybridized carbons (Fsp3) is 0.188. The van der Waals surface area contributed by atoms with Gasteiger partial charge in [0.05, 0.1) is 6.61 Å². The van der Waals surface area contributed by atoms with E-state index in [-0.39, 0.29) is 11.7 Å². The third-order valence-electron chi connectivity index (χ3n) is 2.98. The molecule has 0 saturated carbocycles. The molecular weight excluding hydrogens is 240 g/mol. The van der Waals surface area contributed by atoms with Crippen molar-refractivity contribution >= 4 is 6.29 Å². The average molecular weight is 256 g/mol. The highest BCUT2D eigenvalue weighted by Gasteiger charge is 2.08. The maximum atomic E-state index is 10.6. The lowest BCUT2D eigenvalue weighted by Crippen LogP contribution is -2.07. The quantitative estimate of drug-likeness (QED) is 0.834. The van der Waals surface area contributed by atoms with Crippen LogP contribution in [-0.4, -0.2) is 18.0 Å². The van der Waals surface area contributed by atoms with Crippen LogP contribution in [0.5, 0.6) is 11.5 Å². The monoisotopic (exact) mass is 256 g/mol. The van der Waals surface area contributed by atoms with Crippen molar-refractivity contribution in [2.24, 2.45) is 0 Å². The smallest absolute Gasteiger partial charge is 0.160 e. The Kier molecular flexibility index (Phi) is 4.18. The minimum absolute atomic E-state index is 0.00939. The van der Waals surface area contributed by atoms with Crippen molar-refractivity contribution in [3.63, 3.8) is 0 Å². The van der Waals surface area contributed by atoms with Gasteiger partial charge in [-0.1, -0.05) is 37.3 Å². The number of phenols is 1. The lowest BCUT2D eigenvalue weighted by atomic mass is 10.0. The van der Waals surface area contributed by atoms with Crippen LogP contribution in [0.1, 0.15) is 28.8 Å². The van der Waals surface area contributed by atoms with Crippen LogP contribution in [-0.2, 0) is 0 Å². The number of aromatic hydroxyl groups is 1. The SMILES string of the molecule is CC(COc1ccc(C=O)cc1O)c1ccccc1. The number of hydrogen-bond donors (Lipinski definition) is 1. The van der Waals surface area contributed by atoms with E-state index in [9.17, 15) is 9.90 Å². The largest absolute Gasteiger partial charge is 0.504 e. The van der Waals surface area contributed by atoms with Crippen molar-refractivity contribution in [3.8, 4) is 11.5 Å². The van der Waals surface area contributed by atoms with Crippen LogP contribution in [0.3, 0.4) is 0 Å². The number of hydrogen-bond acceptors (Lipinski definition) is 3. The van der Waals surface area contributed by atoms with Crippen LogP contribution in [0.15, 0.2) is 48.5 Å². The van der Waals surface area contributed by atoms with Crippen molar-refractivity contribution in [3.05, 3.63) is 59.7 Å². The Balaban J connectivity index is 2.01. The van der Waals surface area contributed by atoms with Crippen molar-refractivity contribution in [1.82, 2.24) is 0 Å². The molecule has 2 rings (SSSR count). The first-order chi connectivity index (χ1) is 9.20. The third-order valence-corrected chi connectivity index (χ3v) is 2.98. The van der Waals surface area contributed by atoms with Crippen LogP contribution in [0.2, 0.25) is 0 Å². The van der Waals surface area contributed by atoms with E-state index in [0.29, 0.717) is 24.2 Å². The molecule has 1 unspecified atom stereocenters. The van der Waals surface area contributed by atoms with Gasteiger partial charge in [0.15, 0.2) is 11.5 Å². The molecule has 19 heavy (non-hydrogen) atoms. The first-order valence-electron chi connectivity index (χ1n) is 6.16. The van der Waals surface area contributed by atoms with Crippen LogP contribution in [0.25, 0.3) is 0 Å². The Morgan fingerprint density at radius 2 is 1.95 bits per heavy atom. The summed E-state index contributed by atoms with van der Waals surface area (Å²) >= 11 is 0. The number of phenolic OH excluding ortho intramolecular Hbond substituents is 1. The Morgan fingerprint density at radius 1 is 1.21 bits per heavy atom. The minimum atomic E-state index is -0.00939. The van der Waals surface area contributed by atoms with E-state index in [1.54, 1.807) is 12.1 Å². The highest BCUT2D eigenvalue weighted by molar-refractivity contribution is 5.76. The Morgan fingerprint density at radius 3 is 2.58 bits per heavy atom. The summed E-state index contributed by atoms with van der Waals surface area (Å²) in [6.45, 7) is 2.53. The third kappa shape index (κ3) is 3.35. The summed E-state index contributed by atoms with van der Waals surface area (Å²) in [5, 5.41) is 9.72. The molecule has 0 aliphatic carbocycles. The van der Waals surface area contributed by atoms with Gasteiger partial charge >= 0.3 is 0 Å². The number of carbonyl (C=O) groups is 1. The van der Waals surface area contributed by atoms with Crippen molar-refractivity contribution < 1.29 is 14.6 Å². The predicted molar refractivity (Wildman–Crippen MR) is 73.8 cm³/mol. The molecule has 0 amide bonds. The normalized spacial score (nSPS) is 11.8. The highest BCUT2D eigenvalue weighted by Crippen LogP contribution is 2.27. The van der Waals surface area contributed by atoms with Gasteiger partial charge in [0.1, 0.15) is 6.29 Å². The van der Waals surface area contributed by atoms with E-state index >= 15 is 0 Å². The molecule has 0 bridgehead atoms. The van der Waals surface area contributed by atoms with E-state index in [2.05, 4.69) is 6.92 Å². The van der Waals surface area contributed by atoms with Gasteiger partial charge in [-0.15, -0.1) is 0 Å². The Hall–Kier alpha value is -2.29. The average Bonchev–Trinajstić information content (AvgIpc) is 2.46.